The number of halogens is 2. The van der Waals surface area contributed by atoms with Crippen molar-refractivity contribution in [3.05, 3.63) is 34.1 Å². The molecule has 2 nitrogen and oxygen atoms in total. The molecule has 1 rings (SSSR count). The molecule has 0 aliphatic carbocycles. The van der Waals surface area contributed by atoms with E-state index >= 15 is 0 Å². The predicted octanol–water partition coefficient (Wildman–Crippen LogP) is 3.61. The van der Waals surface area contributed by atoms with Crippen molar-refractivity contribution in [2.24, 2.45) is 5.92 Å². The molecule has 0 aliphatic rings. The molecule has 0 saturated heterocycles. The molecule has 0 aromatic heterocycles. The monoisotopic (exact) mass is 244 g/mol. The molecule has 0 heterocycles. The van der Waals surface area contributed by atoms with E-state index in [1.165, 1.54) is 12.1 Å². The molecule has 0 bridgehead atoms. The van der Waals surface area contributed by atoms with Gasteiger partial charge in [-0.05, 0) is 30.5 Å². The molecule has 88 valence electrons. The van der Waals surface area contributed by atoms with E-state index in [-0.39, 0.29) is 11.5 Å². The molecular formula is C12H14ClFO2. The highest BCUT2D eigenvalue weighted by Gasteiger charge is 2.27. The third-order valence-corrected chi connectivity index (χ3v) is 2.73. The Bertz CT molecular complexity index is 416. The van der Waals surface area contributed by atoms with Crippen molar-refractivity contribution in [3.63, 3.8) is 0 Å². The number of carboxylic acid groups (broad SMARTS) is 1. The molecule has 0 aliphatic heterocycles. The lowest BCUT2D eigenvalue weighted by molar-refractivity contribution is -0.139. The van der Waals surface area contributed by atoms with Gasteiger partial charge >= 0.3 is 5.97 Å². The van der Waals surface area contributed by atoms with E-state index < -0.39 is 17.7 Å². The van der Waals surface area contributed by atoms with Gasteiger partial charge in [-0.2, -0.15) is 0 Å². The van der Waals surface area contributed by atoms with Crippen molar-refractivity contribution in [1.29, 1.82) is 0 Å². The molecule has 0 radical (unpaired) electrons. The van der Waals surface area contributed by atoms with Gasteiger partial charge in [0.05, 0.1) is 5.92 Å². The molecule has 0 fully saturated rings. The molecule has 0 saturated carbocycles. The second-order valence-electron chi connectivity index (χ2n) is 4.19. The average molecular weight is 245 g/mol. The van der Waals surface area contributed by atoms with Crippen molar-refractivity contribution in [3.8, 4) is 0 Å². The predicted molar refractivity (Wildman–Crippen MR) is 61.4 cm³/mol. The Morgan fingerprint density at radius 1 is 1.44 bits per heavy atom. The van der Waals surface area contributed by atoms with Gasteiger partial charge in [-0.3, -0.25) is 4.79 Å². The fraction of sp³-hybridized carbons (Fsp3) is 0.417. The first-order chi connectivity index (χ1) is 7.34. The summed E-state index contributed by atoms with van der Waals surface area (Å²) < 4.78 is 13.8. The highest BCUT2D eigenvalue weighted by Crippen LogP contribution is 2.30. The third kappa shape index (κ3) is 2.53. The molecule has 0 spiro atoms. The van der Waals surface area contributed by atoms with Crippen LogP contribution in [0.2, 0.25) is 5.02 Å². The number of benzene rings is 1. The minimum absolute atomic E-state index is 0.160. The van der Waals surface area contributed by atoms with Gasteiger partial charge in [0, 0.05) is 10.6 Å². The molecule has 0 amide bonds. The number of rotatable bonds is 3. The molecule has 1 N–H and O–H groups in total. The second kappa shape index (κ2) is 4.83. The highest BCUT2D eigenvalue weighted by atomic mass is 35.5. The molecule has 16 heavy (non-hydrogen) atoms. The standard InChI is InChI=1S/C12H14ClFO2/c1-6(2)10(12(15)16)9-5-8(13)4-7(3)11(9)14/h4-6,10H,1-3H3,(H,15,16). The van der Waals surface area contributed by atoms with Gasteiger partial charge in [-0.15, -0.1) is 0 Å². The lowest BCUT2D eigenvalue weighted by atomic mass is 9.87. The van der Waals surface area contributed by atoms with Crippen molar-refractivity contribution in [1.82, 2.24) is 0 Å². The zero-order valence-electron chi connectivity index (χ0n) is 9.42. The van der Waals surface area contributed by atoms with Crippen LogP contribution in [0.3, 0.4) is 0 Å². The van der Waals surface area contributed by atoms with E-state index in [9.17, 15) is 9.18 Å². The average Bonchev–Trinajstić information content (AvgIpc) is 2.12. The summed E-state index contributed by atoms with van der Waals surface area (Å²) in [6, 6.07) is 2.88. The first-order valence-corrected chi connectivity index (χ1v) is 5.40. The summed E-state index contributed by atoms with van der Waals surface area (Å²) in [6.07, 6.45) is 0. The molecule has 1 atom stereocenters. The molecular weight excluding hydrogens is 231 g/mol. The fourth-order valence-corrected chi connectivity index (χ4v) is 2.04. The van der Waals surface area contributed by atoms with E-state index in [2.05, 4.69) is 0 Å². The Labute approximate surface area is 99.0 Å². The first-order valence-electron chi connectivity index (χ1n) is 5.03. The minimum Gasteiger partial charge on any atom is -0.481 e. The quantitative estimate of drug-likeness (QED) is 0.882. The van der Waals surface area contributed by atoms with Crippen LogP contribution in [0.25, 0.3) is 0 Å². The lowest BCUT2D eigenvalue weighted by Crippen LogP contribution is -2.19. The van der Waals surface area contributed by atoms with E-state index in [0.29, 0.717) is 10.6 Å². The van der Waals surface area contributed by atoms with Crippen LogP contribution in [0.15, 0.2) is 12.1 Å². The number of carbonyl (C=O) groups is 1. The summed E-state index contributed by atoms with van der Waals surface area (Å²) in [4.78, 5) is 11.1. The Kier molecular flexibility index (Phi) is 3.92. The highest BCUT2D eigenvalue weighted by molar-refractivity contribution is 6.30. The molecule has 1 aromatic carbocycles. The van der Waals surface area contributed by atoms with Crippen LogP contribution in [0.4, 0.5) is 4.39 Å². The maximum absolute atomic E-state index is 13.8. The van der Waals surface area contributed by atoms with Crippen LogP contribution in [-0.4, -0.2) is 11.1 Å². The molecule has 1 unspecified atom stereocenters. The summed E-state index contributed by atoms with van der Waals surface area (Å²) in [6.45, 7) is 5.06. The van der Waals surface area contributed by atoms with Crippen molar-refractivity contribution in [2.45, 2.75) is 26.7 Å². The smallest absolute Gasteiger partial charge is 0.311 e. The second-order valence-corrected chi connectivity index (χ2v) is 4.62. The molecule has 1 aromatic rings. The van der Waals surface area contributed by atoms with Crippen LogP contribution in [0.1, 0.15) is 30.9 Å². The zero-order chi connectivity index (χ0) is 12.5. The van der Waals surface area contributed by atoms with E-state index in [1.807, 2.05) is 0 Å². The topological polar surface area (TPSA) is 37.3 Å². The zero-order valence-corrected chi connectivity index (χ0v) is 10.2. The van der Waals surface area contributed by atoms with Crippen LogP contribution >= 0.6 is 11.6 Å². The first kappa shape index (κ1) is 13.0. The molecule has 4 heteroatoms. The van der Waals surface area contributed by atoms with Gasteiger partial charge in [0.15, 0.2) is 0 Å². The van der Waals surface area contributed by atoms with E-state index in [4.69, 9.17) is 16.7 Å². The maximum Gasteiger partial charge on any atom is 0.311 e. The van der Waals surface area contributed by atoms with Crippen molar-refractivity contribution < 1.29 is 14.3 Å². The lowest BCUT2D eigenvalue weighted by Gasteiger charge is -2.18. The largest absolute Gasteiger partial charge is 0.481 e. The fourth-order valence-electron chi connectivity index (χ4n) is 1.76. The van der Waals surface area contributed by atoms with Crippen molar-refractivity contribution in [2.75, 3.05) is 0 Å². The van der Waals surface area contributed by atoms with Crippen molar-refractivity contribution >= 4 is 17.6 Å². The van der Waals surface area contributed by atoms with Crippen LogP contribution < -0.4 is 0 Å². The van der Waals surface area contributed by atoms with Gasteiger partial charge < -0.3 is 5.11 Å². The summed E-state index contributed by atoms with van der Waals surface area (Å²) >= 11 is 5.82. The number of hydrogen-bond donors (Lipinski definition) is 1. The van der Waals surface area contributed by atoms with E-state index in [0.717, 1.165) is 0 Å². The normalized spacial score (nSPS) is 12.9. The summed E-state index contributed by atoms with van der Waals surface area (Å²) in [5.74, 6) is -2.57. The number of aliphatic carboxylic acids is 1. The minimum atomic E-state index is -1.03. The third-order valence-electron chi connectivity index (χ3n) is 2.52. The number of hydrogen-bond acceptors (Lipinski definition) is 1. The number of carboxylic acids is 1. The summed E-state index contributed by atoms with van der Waals surface area (Å²) in [5.41, 5.74) is 0.530. The van der Waals surface area contributed by atoms with Gasteiger partial charge in [-0.25, -0.2) is 4.39 Å². The summed E-state index contributed by atoms with van der Waals surface area (Å²) in [5, 5.41) is 9.46. The van der Waals surface area contributed by atoms with E-state index in [1.54, 1.807) is 20.8 Å². The Balaban J connectivity index is 3.34. The summed E-state index contributed by atoms with van der Waals surface area (Å²) in [7, 11) is 0. The van der Waals surface area contributed by atoms with Gasteiger partial charge in [-0.1, -0.05) is 25.4 Å². The number of aryl methyl sites for hydroxylation is 1. The Hall–Kier alpha value is -1.09. The van der Waals surface area contributed by atoms with Gasteiger partial charge in [0.2, 0.25) is 0 Å². The Morgan fingerprint density at radius 2 is 2.00 bits per heavy atom. The van der Waals surface area contributed by atoms with Crippen LogP contribution in [0.5, 0.6) is 0 Å². The maximum atomic E-state index is 13.8. The Morgan fingerprint density at radius 3 is 2.44 bits per heavy atom. The van der Waals surface area contributed by atoms with Gasteiger partial charge in [0.25, 0.3) is 0 Å². The van der Waals surface area contributed by atoms with Gasteiger partial charge in [0.1, 0.15) is 5.82 Å². The van der Waals surface area contributed by atoms with Crippen LogP contribution in [0, 0.1) is 18.7 Å². The van der Waals surface area contributed by atoms with Crippen LogP contribution in [-0.2, 0) is 4.79 Å². The SMILES string of the molecule is Cc1cc(Cl)cc(C(C(=O)O)C(C)C)c1F.